The Morgan fingerprint density at radius 2 is 2.07 bits per heavy atom. The minimum Gasteiger partial charge on any atom is -0.201 e. The van der Waals surface area contributed by atoms with Crippen molar-refractivity contribution in [1.29, 1.82) is 0 Å². The molecule has 0 amide bonds. The molecule has 0 atom stereocenters. The highest BCUT2D eigenvalue weighted by Gasteiger charge is 2.16. The first-order chi connectivity index (χ1) is 7.43. The van der Waals surface area contributed by atoms with Crippen LogP contribution in [0.5, 0.6) is 0 Å². The standard InChI is InChI=1S/C11H14N4/c1-2-4-9(5-3-1)10-6-11-14-12-8-15(11)13-7-10/h6-9H,1-5H2. The molecule has 1 aliphatic carbocycles. The molecule has 0 radical (unpaired) electrons. The van der Waals surface area contributed by atoms with Gasteiger partial charge in [-0.3, -0.25) is 0 Å². The lowest BCUT2D eigenvalue weighted by Crippen LogP contribution is -2.06. The highest BCUT2D eigenvalue weighted by atomic mass is 15.3. The van der Waals surface area contributed by atoms with Crippen molar-refractivity contribution in [3.63, 3.8) is 0 Å². The Kier molecular flexibility index (Phi) is 2.12. The van der Waals surface area contributed by atoms with Crippen molar-refractivity contribution in [2.24, 2.45) is 0 Å². The maximum atomic E-state index is 4.31. The molecular formula is C11H14N4. The molecule has 1 saturated carbocycles. The molecule has 2 heterocycles. The van der Waals surface area contributed by atoms with Crippen LogP contribution in [0.4, 0.5) is 0 Å². The molecule has 0 saturated heterocycles. The van der Waals surface area contributed by atoms with Crippen molar-refractivity contribution in [2.75, 3.05) is 0 Å². The summed E-state index contributed by atoms with van der Waals surface area (Å²) in [5, 5.41) is 12.2. The molecule has 0 aromatic carbocycles. The van der Waals surface area contributed by atoms with Gasteiger partial charge in [0.2, 0.25) is 0 Å². The number of hydrogen-bond acceptors (Lipinski definition) is 3. The Bertz CT molecular complexity index is 456. The van der Waals surface area contributed by atoms with E-state index >= 15 is 0 Å². The fourth-order valence-electron chi connectivity index (χ4n) is 2.40. The van der Waals surface area contributed by atoms with Gasteiger partial charge in [-0.05, 0) is 30.4 Å². The van der Waals surface area contributed by atoms with Gasteiger partial charge in [-0.25, -0.2) is 4.52 Å². The molecular weight excluding hydrogens is 188 g/mol. The number of nitrogens with zero attached hydrogens (tertiary/aromatic N) is 4. The molecule has 2 aromatic rings. The van der Waals surface area contributed by atoms with Crippen LogP contribution in [0.3, 0.4) is 0 Å². The largest absolute Gasteiger partial charge is 0.201 e. The number of aromatic nitrogens is 4. The monoisotopic (exact) mass is 202 g/mol. The third kappa shape index (κ3) is 1.60. The molecule has 1 fully saturated rings. The van der Waals surface area contributed by atoms with E-state index in [1.807, 2.05) is 6.20 Å². The summed E-state index contributed by atoms with van der Waals surface area (Å²) in [4.78, 5) is 0. The summed E-state index contributed by atoms with van der Waals surface area (Å²) in [5.41, 5.74) is 2.19. The summed E-state index contributed by atoms with van der Waals surface area (Å²) < 4.78 is 1.71. The molecule has 15 heavy (non-hydrogen) atoms. The van der Waals surface area contributed by atoms with Gasteiger partial charge in [0.25, 0.3) is 0 Å². The van der Waals surface area contributed by atoms with E-state index in [1.54, 1.807) is 10.8 Å². The second kappa shape index (κ2) is 3.61. The van der Waals surface area contributed by atoms with E-state index in [9.17, 15) is 0 Å². The summed E-state index contributed by atoms with van der Waals surface area (Å²) in [6.07, 6.45) is 10.3. The van der Waals surface area contributed by atoms with Crippen molar-refractivity contribution in [2.45, 2.75) is 38.0 Å². The zero-order valence-corrected chi connectivity index (χ0v) is 8.63. The predicted molar refractivity (Wildman–Crippen MR) is 56.6 cm³/mol. The zero-order valence-electron chi connectivity index (χ0n) is 8.63. The van der Waals surface area contributed by atoms with Crippen LogP contribution in [0.1, 0.15) is 43.6 Å². The lowest BCUT2D eigenvalue weighted by atomic mass is 9.85. The van der Waals surface area contributed by atoms with Crippen molar-refractivity contribution in [3.8, 4) is 0 Å². The quantitative estimate of drug-likeness (QED) is 0.711. The van der Waals surface area contributed by atoms with E-state index in [0.717, 1.165) is 5.65 Å². The third-order valence-corrected chi connectivity index (χ3v) is 3.26. The van der Waals surface area contributed by atoms with Crippen molar-refractivity contribution in [1.82, 2.24) is 19.8 Å². The molecule has 0 spiro atoms. The van der Waals surface area contributed by atoms with E-state index in [2.05, 4.69) is 21.4 Å². The molecule has 0 bridgehead atoms. The molecule has 3 rings (SSSR count). The Morgan fingerprint density at radius 3 is 2.93 bits per heavy atom. The molecule has 0 N–H and O–H groups in total. The average molecular weight is 202 g/mol. The lowest BCUT2D eigenvalue weighted by Gasteiger charge is -2.21. The average Bonchev–Trinajstić information content (AvgIpc) is 2.77. The minimum absolute atomic E-state index is 0.688. The van der Waals surface area contributed by atoms with Gasteiger partial charge in [0.15, 0.2) is 5.65 Å². The highest BCUT2D eigenvalue weighted by molar-refractivity contribution is 5.38. The van der Waals surface area contributed by atoms with Gasteiger partial charge >= 0.3 is 0 Å². The molecule has 2 aromatic heterocycles. The van der Waals surface area contributed by atoms with Gasteiger partial charge in [0.1, 0.15) is 6.33 Å². The smallest absolute Gasteiger partial charge is 0.177 e. The summed E-state index contributed by atoms with van der Waals surface area (Å²) in [7, 11) is 0. The molecule has 4 nitrogen and oxygen atoms in total. The Morgan fingerprint density at radius 1 is 1.20 bits per heavy atom. The van der Waals surface area contributed by atoms with Crippen LogP contribution >= 0.6 is 0 Å². The first-order valence-corrected chi connectivity index (χ1v) is 5.59. The van der Waals surface area contributed by atoms with Gasteiger partial charge in [0, 0.05) is 0 Å². The maximum absolute atomic E-state index is 4.31. The molecule has 1 aliphatic rings. The molecule has 78 valence electrons. The van der Waals surface area contributed by atoms with Gasteiger partial charge in [-0.1, -0.05) is 19.3 Å². The van der Waals surface area contributed by atoms with Crippen LogP contribution in [0.15, 0.2) is 18.6 Å². The lowest BCUT2D eigenvalue weighted by molar-refractivity contribution is 0.442. The van der Waals surface area contributed by atoms with Crippen LogP contribution in [0.2, 0.25) is 0 Å². The predicted octanol–water partition coefficient (Wildman–Crippen LogP) is 2.17. The third-order valence-electron chi connectivity index (χ3n) is 3.26. The van der Waals surface area contributed by atoms with Crippen LogP contribution in [-0.4, -0.2) is 19.8 Å². The highest BCUT2D eigenvalue weighted by Crippen LogP contribution is 2.32. The second-order valence-electron chi connectivity index (χ2n) is 4.26. The normalized spacial score (nSPS) is 18.4. The number of fused-ring (bicyclic) bond motifs is 1. The summed E-state index contributed by atoms with van der Waals surface area (Å²) in [6.45, 7) is 0. The zero-order chi connectivity index (χ0) is 10.1. The maximum Gasteiger partial charge on any atom is 0.177 e. The van der Waals surface area contributed by atoms with Crippen molar-refractivity contribution < 1.29 is 0 Å². The fourth-order valence-corrected chi connectivity index (χ4v) is 2.40. The SMILES string of the molecule is c1nn2cnnc2cc1C1CCCCC1. The van der Waals surface area contributed by atoms with Crippen molar-refractivity contribution in [3.05, 3.63) is 24.2 Å². The van der Waals surface area contributed by atoms with E-state index in [4.69, 9.17) is 0 Å². The van der Waals surface area contributed by atoms with Gasteiger partial charge in [0.05, 0.1) is 6.20 Å². The van der Waals surface area contributed by atoms with Gasteiger partial charge in [-0.2, -0.15) is 5.10 Å². The van der Waals surface area contributed by atoms with Crippen LogP contribution in [0, 0.1) is 0 Å². The summed E-state index contributed by atoms with van der Waals surface area (Å²) in [6, 6.07) is 2.12. The first kappa shape index (κ1) is 8.83. The van der Waals surface area contributed by atoms with E-state index in [1.165, 1.54) is 37.7 Å². The summed E-state index contributed by atoms with van der Waals surface area (Å²) in [5.74, 6) is 0.688. The minimum atomic E-state index is 0.688. The van der Waals surface area contributed by atoms with Crippen molar-refractivity contribution >= 4 is 5.65 Å². The Labute approximate surface area is 88.3 Å². The first-order valence-electron chi connectivity index (χ1n) is 5.59. The van der Waals surface area contributed by atoms with Crippen LogP contribution in [-0.2, 0) is 0 Å². The Hall–Kier alpha value is -1.45. The molecule has 0 aliphatic heterocycles. The molecule has 4 heteroatoms. The van der Waals surface area contributed by atoms with Gasteiger partial charge in [-0.15, -0.1) is 10.2 Å². The van der Waals surface area contributed by atoms with Gasteiger partial charge < -0.3 is 0 Å². The fraction of sp³-hybridized carbons (Fsp3) is 0.545. The van der Waals surface area contributed by atoms with E-state index < -0.39 is 0 Å². The summed E-state index contributed by atoms with van der Waals surface area (Å²) >= 11 is 0. The van der Waals surface area contributed by atoms with Crippen LogP contribution in [0.25, 0.3) is 5.65 Å². The topological polar surface area (TPSA) is 43.1 Å². The molecule has 0 unspecified atom stereocenters. The Balaban J connectivity index is 1.95. The number of rotatable bonds is 1. The van der Waals surface area contributed by atoms with Crippen LogP contribution < -0.4 is 0 Å². The van der Waals surface area contributed by atoms with E-state index in [0.29, 0.717) is 5.92 Å². The second-order valence-corrected chi connectivity index (χ2v) is 4.26. The number of hydrogen-bond donors (Lipinski definition) is 0. The van der Waals surface area contributed by atoms with E-state index in [-0.39, 0.29) is 0 Å².